The van der Waals surface area contributed by atoms with Crippen LogP contribution in [0, 0.1) is 0 Å². The van der Waals surface area contributed by atoms with E-state index >= 15 is 0 Å². The number of hydrogen-bond acceptors (Lipinski definition) is 8. The first kappa shape index (κ1) is 34.1. The molecule has 10 nitrogen and oxygen atoms in total. The molecule has 0 bridgehead atoms. The van der Waals surface area contributed by atoms with Crippen LogP contribution in [0.3, 0.4) is 0 Å². The summed E-state index contributed by atoms with van der Waals surface area (Å²) in [6, 6.07) is 43.6. The zero-order valence-corrected chi connectivity index (χ0v) is 28.7. The molecule has 7 rings (SSSR count). The van der Waals surface area contributed by atoms with E-state index in [4.69, 9.17) is 9.47 Å². The second kappa shape index (κ2) is 16.6. The third-order valence-electron chi connectivity index (χ3n) is 8.62. The molecule has 5 aromatic carbocycles. The van der Waals surface area contributed by atoms with E-state index in [2.05, 4.69) is 50.4 Å². The number of amides is 2. The van der Waals surface area contributed by atoms with Gasteiger partial charge >= 0.3 is 6.03 Å². The monoisotopic (exact) mass is 698 g/mol. The van der Waals surface area contributed by atoms with Gasteiger partial charge in [-0.3, -0.25) is 0 Å². The van der Waals surface area contributed by atoms with Crippen LogP contribution >= 0.6 is 11.8 Å². The molecule has 1 aliphatic rings. The number of rotatable bonds is 12. The predicted molar refractivity (Wildman–Crippen MR) is 196 cm³/mol. The van der Waals surface area contributed by atoms with Crippen LogP contribution in [0.4, 0.5) is 4.79 Å². The Morgan fingerprint density at radius 1 is 0.745 bits per heavy atom. The molecule has 1 fully saturated rings. The quantitative estimate of drug-likeness (QED) is 0.115. The van der Waals surface area contributed by atoms with Crippen LogP contribution in [0.2, 0.25) is 0 Å². The number of aromatic nitrogens is 4. The van der Waals surface area contributed by atoms with E-state index in [1.807, 2.05) is 109 Å². The number of thioether (sulfide) groups is 1. The highest BCUT2D eigenvalue weighted by Gasteiger charge is 2.33. The summed E-state index contributed by atoms with van der Waals surface area (Å²) in [5.74, 6) is 0.617. The second-order valence-corrected chi connectivity index (χ2v) is 13.2. The van der Waals surface area contributed by atoms with Gasteiger partial charge in [0.15, 0.2) is 6.29 Å². The molecule has 2 heterocycles. The lowest BCUT2D eigenvalue weighted by Crippen LogP contribution is -2.34. The number of nitrogens with one attached hydrogen (secondary N) is 2. The summed E-state index contributed by atoms with van der Waals surface area (Å²) in [6.07, 6.45) is -0.362. The Morgan fingerprint density at radius 2 is 1.43 bits per heavy atom. The third-order valence-corrected chi connectivity index (χ3v) is 9.67. The molecule has 3 atom stereocenters. The molecule has 258 valence electrons. The number of nitrogens with zero attached hydrogens (tertiary/aromatic N) is 4. The summed E-state index contributed by atoms with van der Waals surface area (Å²) in [5, 5.41) is 28.5. The normalized spacial score (nSPS) is 17.2. The largest absolute Gasteiger partial charge is 0.392 e. The highest BCUT2D eigenvalue weighted by molar-refractivity contribution is 7.99. The second-order valence-electron chi connectivity index (χ2n) is 12.2. The van der Waals surface area contributed by atoms with Crippen LogP contribution in [0.1, 0.15) is 46.6 Å². The fraction of sp³-hybridized carbons (Fsp3) is 0.200. The zero-order valence-electron chi connectivity index (χ0n) is 27.8. The standard InChI is InChI=1S/C40H38N6O4S/c47-26-29-17-19-31(20-18-29)37-23-36(27-51-40-43-44-45-46(40)35-15-5-2-6-16-35)49-38(50-37)34-14-8-13-33(22-34)32-12-7-11-30(21-32)25-42-39(48)41-24-28-9-3-1-4-10-28/h1-22,36-38,47H,23-27H2,(H2,41,42,48)/t36-,37+,38+/m0/s1. The van der Waals surface area contributed by atoms with Crippen LogP contribution in [-0.2, 0) is 29.2 Å². The van der Waals surface area contributed by atoms with E-state index in [0.717, 1.165) is 44.6 Å². The van der Waals surface area contributed by atoms with Gasteiger partial charge in [0.25, 0.3) is 0 Å². The first-order chi connectivity index (χ1) is 25.1. The topological polar surface area (TPSA) is 123 Å². The zero-order chi connectivity index (χ0) is 34.8. The van der Waals surface area contributed by atoms with Crippen molar-refractivity contribution in [3.8, 4) is 16.8 Å². The van der Waals surface area contributed by atoms with Crippen LogP contribution in [0.15, 0.2) is 139 Å². The molecular weight excluding hydrogens is 661 g/mol. The number of carbonyl (C=O) groups is 1. The number of para-hydroxylation sites is 1. The van der Waals surface area contributed by atoms with Crippen molar-refractivity contribution in [1.29, 1.82) is 0 Å². The van der Waals surface area contributed by atoms with E-state index in [1.165, 1.54) is 0 Å². The maximum Gasteiger partial charge on any atom is 0.315 e. The lowest BCUT2D eigenvalue weighted by atomic mass is 9.99. The number of carbonyl (C=O) groups excluding carboxylic acids is 1. The molecular formula is C40H38N6O4S. The van der Waals surface area contributed by atoms with Gasteiger partial charge in [-0.05, 0) is 68.1 Å². The molecule has 2 amide bonds. The fourth-order valence-electron chi connectivity index (χ4n) is 5.94. The Hall–Kier alpha value is -5.33. The maximum absolute atomic E-state index is 12.5. The minimum absolute atomic E-state index is 0.0154. The van der Waals surface area contributed by atoms with Crippen LogP contribution in [0.5, 0.6) is 0 Å². The Balaban J connectivity index is 1.06. The van der Waals surface area contributed by atoms with Gasteiger partial charge in [0.2, 0.25) is 5.16 Å². The Bertz CT molecular complexity index is 2030. The summed E-state index contributed by atoms with van der Waals surface area (Å²) in [7, 11) is 0. The molecule has 0 radical (unpaired) electrons. The van der Waals surface area contributed by atoms with Gasteiger partial charge in [-0.15, -0.1) is 5.10 Å². The average molecular weight is 699 g/mol. The van der Waals surface area contributed by atoms with Crippen molar-refractivity contribution in [2.45, 2.75) is 49.8 Å². The number of benzene rings is 5. The van der Waals surface area contributed by atoms with Crippen molar-refractivity contribution in [3.63, 3.8) is 0 Å². The van der Waals surface area contributed by atoms with E-state index in [9.17, 15) is 9.90 Å². The SMILES string of the molecule is O=C(NCc1ccccc1)NCc1cccc(-c2cccc([C@@H]3O[C@H](CSc4nnnn4-c4ccccc4)C[C@H](c4ccc(CO)cc4)O3)c2)c1. The Labute approximate surface area is 300 Å². The van der Waals surface area contributed by atoms with E-state index in [0.29, 0.717) is 30.4 Å². The molecule has 1 aliphatic heterocycles. The van der Waals surface area contributed by atoms with Gasteiger partial charge in [-0.25, -0.2) is 4.79 Å². The van der Waals surface area contributed by atoms with Gasteiger partial charge in [-0.1, -0.05) is 121 Å². The van der Waals surface area contributed by atoms with Crippen molar-refractivity contribution >= 4 is 17.8 Å². The van der Waals surface area contributed by atoms with Crippen LogP contribution in [-0.4, -0.2) is 43.2 Å². The van der Waals surface area contributed by atoms with Crippen LogP contribution in [0.25, 0.3) is 16.8 Å². The predicted octanol–water partition coefficient (Wildman–Crippen LogP) is 7.16. The smallest absolute Gasteiger partial charge is 0.315 e. The highest BCUT2D eigenvalue weighted by Crippen LogP contribution is 2.40. The fourth-order valence-corrected chi connectivity index (χ4v) is 6.85. The van der Waals surface area contributed by atoms with E-state index < -0.39 is 6.29 Å². The maximum atomic E-state index is 12.5. The summed E-state index contributed by atoms with van der Waals surface area (Å²) < 4.78 is 15.0. The van der Waals surface area contributed by atoms with Crippen molar-refractivity contribution < 1.29 is 19.4 Å². The molecule has 0 aliphatic carbocycles. The van der Waals surface area contributed by atoms with Gasteiger partial charge in [0.1, 0.15) is 0 Å². The first-order valence-electron chi connectivity index (χ1n) is 16.8. The van der Waals surface area contributed by atoms with Crippen molar-refractivity contribution in [3.05, 3.63) is 161 Å². The minimum Gasteiger partial charge on any atom is -0.392 e. The third kappa shape index (κ3) is 8.89. The molecule has 1 aromatic heterocycles. The molecule has 0 unspecified atom stereocenters. The van der Waals surface area contributed by atoms with E-state index in [1.54, 1.807) is 16.4 Å². The molecule has 11 heteroatoms. The molecule has 6 aromatic rings. The molecule has 3 N–H and O–H groups in total. The summed E-state index contributed by atoms with van der Waals surface area (Å²) in [4.78, 5) is 12.5. The van der Waals surface area contributed by atoms with Crippen molar-refractivity contribution in [2.24, 2.45) is 0 Å². The van der Waals surface area contributed by atoms with Gasteiger partial charge in [-0.2, -0.15) is 4.68 Å². The van der Waals surface area contributed by atoms with E-state index in [-0.39, 0.29) is 24.8 Å². The Morgan fingerprint density at radius 3 is 2.20 bits per heavy atom. The number of ether oxygens (including phenoxy) is 2. The van der Waals surface area contributed by atoms with Gasteiger partial charge in [0, 0.05) is 30.8 Å². The number of hydrogen-bond donors (Lipinski definition) is 3. The minimum atomic E-state index is -0.616. The van der Waals surface area contributed by atoms with Gasteiger partial charge < -0.3 is 25.2 Å². The molecule has 0 saturated carbocycles. The van der Waals surface area contributed by atoms with Crippen LogP contribution < -0.4 is 10.6 Å². The summed E-state index contributed by atoms with van der Waals surface area (Å²) in [6.45, 7) is 0.844. The molecule has 51 heavy (non-hydrogen) atoms. The summed E-state index contributed by atoms with van der Waals surface area (Å²) in [5.41, 5.74) is 7.72. The van der Waals surface area contributed by atoms with Crippen molar-refractivity contribution in [2.75, 3.05) is 5.75 Å². The molecule has 1 saturated heterocycles. The number of tetrazole rings is 1. The number of aliphatic hydroxyl groups is 1. The lowest BCUT2D eigenvalue weighted by molar-refractivity contribution is -0.245. The van der Waals surface area contributed by atoms with Crippen molar-refractivity contribution in [1.82, 2.24) is 30.8 Å². The first-order valence-corrected chi connectivity index (χ1v) is 17.8. The number of aliphatic hydroxyl groups excluding tert-OH is 1. The lowest BCUT2D eigenvalue weighted by Gasteiger charge is -2.36. The average Bonchev–Trinajstić information content (AvgIpc) is 3.68. The molecule has 0 spiro atoms. The highest BCUT2D eigenvalue weighted by atomic mass is 32.2. The Kier molecular flexibility index (Phi) is 11.1. The summed E-state index contributed by atoms with van der Waals surface area (Å²) >= 11 is 1.54. The number of urea groups is 1. The van der Waals surface area contributed by atoms with Gasteiger partial charge in [0.05, 0.1) is 24.5 Å².